The standard InChI is InChI=1S/C19H17N3O6/c1-21-18(23)16(11-4-6-12(7-5-11)22(25)26)17(19(21)24)20-14-10-13(27-2)8-9-15(14)28-3/h4-10,20H,1-3H3. The molecule has 0 atom stereocenters. The van der Waals surface area contributed by atoms with Gasteiger partial charge in [0.25, 0.3) is 17.5 Å². The molecule has 3 rings (SSSR count). The lowest BCUT2D eigenvalue weighted by Crippen LogP contribution is -2.28. The molecule has 9 nitrogen and oxygen atoms in total. The van der Waals surface area contributed by atoms with Crippen molar-refractivity contribution in [3.8, 4) is 11.5 Å². The highest BCUT2D eigenvalue weighted by Crippen LogP contribution is 2.35. The Morgan fingerprint density at radius 1 is 1.00 bits per heavy atom. The van der Waals surface area contributed by atoms with Crippen molar-refractivity contribution in [1.29, 1.82) is 0 Å². The van der Waals surface area contributed by atoms with Gasteiger partial charge in [-0.3, -0.25) is 24.6 Å². The minimum absolute atomic E-state index is 0.0490. The summed E-state index contributed by atoms with van der Waals surface area (Å²) in [7, 11) is 4.35. The van der Waals surface area contributed by atoms with Crippen molar-refractivity contribution >= 4 is 28.8 Å². The van der Waals surface area contributed by atoms with Gasteiger partial charge < -0.3 is 14.8 Å². The number of anilines is 1. The van der Waals surface area contributed by atoms with Crippen molar-refractivity contribution in [2.45, 2.75) is 0 Å². The molecule has 1 N–H and O–H groups in total. The Hall–Kier alpha value is -3.88. The fraction of sp³-hybridized carbons (Fsp3) is 0.158. The summed E-state index contributed by atoms with van der Waals surface area (Å²) in [5.74, 6) is -0.0523. The third kappa shape index (κ3) is 3.25. The van der Waals surface area contributed by atoms with Gasteiger partial charge in [-0.05, 0) is 29.8 Å². The van der Waals surface area contributed by atoms with Gasteiger partial charge in [-0.2, -0.15) is 0 Å². The molecule has 0 saturated heterocycles. The number of imide groups is 1. The van der Waals surface area contributed by atoms with Gasteiger partial charge in [-0.15, -0.1) is 0 Å². The van der Waals surface area contributed by atoms with Crippen LogP contribution in [-0.4, -0.2) is 42.9 Å². The number of carbonyl (C=O) groups is 2. The van der Waals surface area contributed by atoms with E-state index >= 15 is 0 Å². The SMILES string of the molecule is COc1ccc(OC)c(NC2=C(c3ccc([N+](=O)[O-])cc3)C(=O)N(C)C2=O)c1. The van der Waals surface area contributed by atoms with Crippen LogP contribution in [0.5, 0.6) is 11.5 Å². The number of likely N-dealkylation sites (N-methyl/N-ethyl adjacent to an activating group) is 1. The van der Waals surface area contributed by atoms with Crippen LogP contribution in [0.2, 0.25) is 0 Å². The highest BCUT2D eigenvalue weighted by Gasteiger charge is 2.37. The number of carbonyl (C=O) groups excluding carboxylic acids is 2. The molecule has 2 amide bonds. The van der Waals surface area contributed by atoms with E-state index in [2.05, 4.69) is 5.32 Å². The average Bonchev–Trinajstić information content (AvgIpc) is 2.91. The molecule has 0 unspecified atom stereocenters. The Balaban J connectivity index is 2.10. The van der Waals surface area contributed by atoms with E-state index in [-0.39, 0.29) is 17.0 Å². The maximum Gasteiger partial charge on any atom is 0.277 e. The topological polar surface area (TPSA) is 111 Å². The summed E-state index contributed by atoms with van der Waals surface area (Å²) >= 11 is 0. The number of methoxy groups -OCH3 is 2. The summed E-state index contributed by atoms with van der Waals surface area (Å²) in [4.78, 5) is 36.6. The molecular weight excluding hydrogens is 366 g/mol. The number of nitrogens with zero attached hydrogens (tertiary/aromatic N) is 2. The summed E-state index contributed by atoms with van der Waals surface area (Å²) in [6.07, 6.45) is 0. The molecule has 1 aliphatic heterocycles. The quantitative estimate of drug-likeness (QED) is 0.463. The van der Waals surface area contributed by atoms with E-state index in [1.807, 2.05) is 0 Å². The summed E-state index contributed by atoms with van der Waals surface area (Å²) in [6.45, 7) is 0. The molecule has 2 aromatic carbocycles. The zero-order valence-corrected chi connectivity index (χ0v) is 15.4. The molecule has 0 aliphatic carbocycles. The first-order valence-corrected chi connectivity index (χ1v) is 8.18. The summed E-state index contributed by atoms with van der Waals surface area (Å²) in [5, 5.41) is 13.8. The van der Waals surface area contributed by atoms with E-state index in [4.69, 9.17) is 9.47 Å². The molecule has 9 heteroatoms. The normalized spacial score (nSPS) is 13.8. The van der Waals surface area contributed by atoms with Crippen LogP contribution < -0.4 is 14.8 Å². The van der Waals surface area contributed by atoms with E-state index in [0.29, 0.717) is 22.7 Å². The maximum atomic E-state index is 12.6. The van der Waals surface area contributed by atoms with Crippen molar-refractivity contribution in [2.75, 3.05) is 26.6 Å². The lowest BCUT2D eigenvalue weighted by Gasteiger charge is -2.13. The van der Waals surface area contributed by atoms with Crippen LogP contribution in [-0.2, 0) is 9.59 Å². The lowest BCUT2D eigenvalue weighted by atomic mass is 10.0. The van der Waals surface area contributed by atoms with Gasteiger partial charge in [0.15, 0.2) is 0 Å². The monoisotopic (exact) mass is 383 g/mol. The summed E-state index contributed by atoms with van der Waals surface area (Å²) in [6, 6.07) is 10.4. The number of nitro groups is 1. The fourth-order valence-electron chi connectivity index (χ4n) is 2.82. The second-order valence-electron chi connectivity index (χ2n) is 5.91. The second kappa shape index (κ2) is 7.39. The third-order valence-electron chi connectivity index (χ3n) is 4.32. The summed E-state index contributed by atoms with van der Waals surface area (Å²) in [5.41, 5.74) is 0.879. The van der Waals surface area contributed by atoms with Crippen LogP contribution >= 0.6 is 0 Å². The summed E-state index contributed by atoms with van der Waals surface area (Å²) < 4.78 is 10.5. The molecule has 0 radical (unpaired) electrons. The fourth-order valence-corrected chi connectivity index (χ4v) is 2.82. The van der Waals surface area contributed by atoms with Gasteiger partial charge in [0, 0.05) is 25.2 Å². The van der Waals surface area contributed by atoms with Gasteiger partial charge in [-0.25, -0.2) is 0 Å². The zero-order valence-electron chi connectivity index (χ0n) is 15.4. The number of non-ortho nitro benzene ring substituents is 1. The van der Waals surface area contributed by atoms with E-state index in [0.717, 1.165) is 4.90 Å². The molecule has 0 fully saturated rings. The van der Waals surface area contributed by atoms with Crippen molar-refractivity contribution < 1.29 is 24.0 Å². The van der Waals surface area contributed by atoms with Crippen LogP contribution in [0.1, 0.15) is 5.56 Å². The molecule has 0 spiro atoms. The van der Waals surface area contributed by atoms with E-state index in [1.165, 1.54) is 45.5 Å². The van der Waals surface area contributed by atoms with Crippen LogP contribution in [0.3, 0.4) is 0 Å². The first kappa shape index (κ1) is 18.9. The average molecular weight is 383 g/mol. The Morgan fingerprint density at radius 3 is 2.25 bits per heavy atom. The van der Waals surface area contributed by atoms with Crippen molar-refractivity contribution in [1.82, 2.24) is 4.90 Å². The van der Waals surface area contributed by atoms with Gasteiger partial charge >= 0.3 is 0 Å². The Bertz CT molecular complexity index is 997. The molecule has 2 aromatic rings. The highest BCUT2D eigenvalue weighted by atomic mass is 16.6. The minimum Gasteiger partial charge on any atom is -0.497 e. The molecule has 144 valence electrons. The van der Waals surface area contributed by atoms with Crippen LogP contribution in [0.25, 0.3) is 5.57 Å². The minimum atomic E-state index is -0.536. The number of nitro benzene ring substituents is 1. The van der Waals surface area contributed by atoms with Gasteiger partial charge in [0.1, 0.15) is 17.2 Å². The Morgan fingerprint density at radius 2 is 1.68 bits per heavy atom. The smallest absolute Gasteiger partial charge is 0.277 e. The predicted octanol–water partition coefficient (Wildman–Crippen LogP) is 2.43. The van der Waals surface area contributed by atoms with E-state index in [9.17, 15) is 19.7 Å². The van der Waals surface area contributed by atoms with Crippen molar-refractivity contribution in [3.63, 3.8) is 0 Å². The number of hydrogen-bond donors (Lipinski definition) is 1. The number of hydrogen-bond acceptors (Lipinski definition) is 7. The third-order valence-corrected chi connectivity index (χ3v) is 4.32. The Labute approximate surface area is 160 Å². The second-order valence-corrected chi connectivity index (χ2v) is 5.91. The molecule has 1 heterocycles. The largest absolute Gasteiger partial charge is 0.497 e. The molecule has 28 heavy (non-hydrogen) atoms. The van der Waals surface area contributed by atoms with Crippen LogP contribution in [0.15, 0.2) is 48.2 Å². The number of nitrogens with one attached hydrogen (secondary N) is 1. The molecule has 0 saturated carbocycles. The first-order chi connectivity index (χ1) is 13.4. The van der Waals surface area contributed by atoms with Gasteiger partial charge in [0.05, 0.1) is 30.4 Å². The maximum absolute atomic E-state index is 12.6. The van der Waals surface area contributed by atoms with E-state index in [1.54, 1.807) is 18.2 Å². The van der Waals surface area contributed by atoms with E-state index < -0.39 is 16.7 Å². The molecular formula is C19H17N3O6. The predicted molar refractivity (Wildman–Crippen MR) is 101 cm³/mol. The number of rotatable bonds is 6. The van der Waals surface area contributed by atoms with Crippen molar-refractivity contribution in [3.05, 3.63) is 63.8 Å². The zero-order chi connectivity index (χ0) is 20.4. The number of amides is 2. The van der Waals surface area contributed by atoms with Gasteiger partial charge in [0.2, 0.25) is 0 Å². The number of benzene rings is 2. The Kier molecular flexibility index (Phi) is 4.99. The lowest BCUT2D eigenvalue weighted by molar-refractivity contribution is -0.384. The highest BCUT2D eigenvalue weighted by molar-refractivity contribution is 6.36. The number of ether oxygens (including phenoxy) is 2. The molecule has 0 bridgehead atoms. The molecule has 0 aromatic heterocycles. The van der Waals surface area contributed by atoms with Crippen LogP contribution in [0.4, 0.5) is 11.4 Å². The van der Waals surface area contributed by atoms with Crippen molar-refractivity contribution in [2.24, 2.45) is 0 Å². The first-order valence-electron chi connectivity index (χ1n) is 8.18. The molecule has 1 aliphatic rings. The van der Waals surface area contributed by atoms with Crippen LogP contribution in [0, 0.1) is 10.1 Å². The van der Waals surface area contributed by atoms with Gasteiger partial charge in [-0.1, -0.05) is 0 Å².